The minimum Gasteiger partial charge on any atom is -0.497 e. The van der Waals surface area contributed by atoms with Gasteiger partial charge in [0.25, 0.3) is 17.7 Å². The molecule has 0 atom stereocenters. The van der Waals surface area contributed by atoms with Gasteiger partial charge in [-0.15, -0.1) is 0 Å². The Morgan fingerprint density at radius 1 is 0.851 bits per heavy atom. The molecule has 0 saturated carbocycles. The van der Waals surface area contributed by atoms with E-state index in [1.165, 1.54) is 6.20 Å². The highest BCUT2D eigenvalue weighted by Gasteiger charge is 2.26. The molecule has 0 spiro atoms. The molecule has 1 aliphatic heterocycles. The molecule has 1 saturated heterocycles. The van der Waals surface area contributed by atoms with Crippen molar-refractivity contribution in [3.05, 3.63) is 95.3 Å². The van der Waals surface area contributed by atoms with E-state index < -0.39 is 0 Å². The average Bonchev–Trinajstić information content (AvgIpc) is 3.64. The minimum atomic E-state index is -0.374. The molecule has 3 amide bonds. The first-order valence-corrected chi connectivity index (χ1v) is 15.4. The number of hydrogen-bond donors (Lipinski definition) is 2. The second-order valence-corrected chi connectivity index (χ2v) is 11.3. The van der Waals surface area contributed by atoms with Crippen molar-refractivity contribution < 1.29 is 28.6 Å². The molecule has 12 heteroatoms. The lowest BCUT2D eigenvalue weighted by Gasteiger charge is -2.32. The average molecular weight is 641 g/mol. The molecule has 5 rings (SSSR count). The zero-order chi connectivity index (χ0) is 33.3. The fraction of sp³-hybridized carbons (Fsp3) is 0.314. The van der Waals surface area contributed by atoms with Crippen LogP contribution in [0.15, 0.2) is 67.1 Å². The van der Waals surface area contributed by atoms with Crippen LogP contribution in [0.1, 0.15) is 55.4 Å². The SMILES string of the molecule is COCCOC1CCN(C(=O)c2cc(NC(=O)c3cc(NC(=O)c4ccc(/C=C/c5ccc(OC)cc5)nc4)cn3C)cn2C)CC1. The monoisotopic (exact) mass is 640 g/mol. The highest BCUT2D eigenvalue weighted by atomic mass is 16.5. The van der Waals surface area contributed by atoms with E-state index in [-0.39, 0.29) is 23.8 Å². The van der Waals surface area contributed by atoms with Crippen LogP contribution >= 0.6 is 0 Å². The summed E-state index contributed by atoms with van der Waals surface area (Å²) in [6.07, 6.45) is 10.3. The van der Waals surface area contributed by atoms with Crippen LogP contribution < -0.4 is 15.4 Å². The van der Waals surface area contributed by atoms with Crippen LogP contribution in [0.5, 0.6) is 5.75 Å². The van der Waals surface area contributed by atoms with Crippen LogP contribution in [0, 0.1) is 0 Å². The number of piperidine rings is 1. The highest BCUT2D eigenvalue weighted by molar-refractivity contribution is 6.07. The van der Waals surface area contributed by atoms with Crippen LogP contribution in [0.4, 0.5) is 11.4 Å². The first-order chi connectivity index (χ1) is 22.7. The molecule has 0 aliphatic carbocycles. The summed E-state index contributed by atoms with van der Waals surface area (Å²) in [6, 6.07) is 14.4. The fourth-order valence-electron chi connectivity index (χ4n) is 5.32. The lowest BCUT2D eigenvalue weighted by Crippen LogP contribution is -2.41. The third-order valence-electron chi connectivity index (χ3n) is 7.96. The molecule has 1 aromatic carbocycles. The molecular formula is C35H40N6O6. The molecule has 0 radical (unpaired) electrons. The molecule has 1 fully saturated rings. The Labute approximate surface area is 273 Å². The Hall–Kier alpha value is -5.20. The number of rotatable bonds is 12. The van der Waals surface area contributed by atoms with Crippen molar-refractivity contribution in [2.45, 2.75) is 18.9 Å². The predicted octanol–water partition coefficient (Wildman–Crippen LogP) is 4.71. The normalized spacial score (nSPS) is 13.6. The number of pyridine rings is 1. The minimum absolute atomic E-state index is 0.0945. The second kappa shape index (κ2) is 15.4. The second-order valence-electron chi connectivity index (χ2n) is 11.3. The standard InChI is InChI=1S/C35H40N6O6/c1-39-22-27(37-33(42)25-8-10-26(36-21-25)9-5-24-6-11-29(46-4)12-7-24)19-31(39)34(43)38-28-20-32(40(2)23-28)35(44)41-15-13-30(14-16-41)47-18-17-45-3/h5-12,19-23,30H,13-18H2,1-4H3,(H,37,42)(H,38,43)/b9-5+. The zero-order valence-corrected chi connectivity index (χ0v) is 27.1. The summed E-state index contributed by atoms with van der Waals surface area (Å²) in [5, 5.41) is 5.70. The van der Waals surface area contributed by atoms with Gasteiger partial charge in [-0.3, -0.25) is 19.4 Å². The van der Waals surface area contributed by atoms with E-state index in [9.17, 15) is 14.4 Å². The van der Waals surface area contributed by atoms with E-state index in [1.54, 1.807) is 74.1 Å². The van der Waals surface area contributed by atoms with Gasteiger partial charge in [-0.1, -0.05) is 18.2 Å². The number of likely N-dealkylation sites (tertiary alicyclic amines) is 1. The van der Waals surface area contributed by atoms with Gasteiger partial charge in [-0.2, -0.15) is 0 Å². The Morgan fingerprint density at radius 3 is 2.15 bits per heavy atom. The molecule has 3 aromatic heterocycles. The lowest BCUT2D eigenvalue weighted by molar-refractivity contribution is -0.0124. The van der Waals surface area contributed by atoms with E-state index in [4.69, 9.17) is 14.2 Å². The van der Waals surface area contributed by atoms with Gasteiger partial charge in [-0.05, 0) is 60.9 Å². The van der Waals surface area contributed by atoms with E-state index in [0.29, 0.717) is 60.3 Å². The molecule has 12 nitrogen and oxygen atoms in total. The number of amides is 3. The van der Waals surface area contributed by atoms with Gasteiger partial charge in [0.05, 0.1) is 49.1 Å². The third-order valence-corrected chi connectivity index (χ3v) is 7.96. The van der Waals surface area contributed by atoms with E-state index in [0.717, 1.165) is 24.2 Å². The number of hydrogen-bond acceptors (Lipinski definition) is 7. The largest absolute Gasteiger partial charge is 0.497 e. The fourth-order valence-corrected chi connectivity index (χ4v) is 5.32. The van der Waals surface area contributed by atoms with Gasteiger partial charge < -0.3 is 38.9 Å². The topological polar surface area (TPSA) is 129 Å². The Bertz CT molecular complexity index is 1720. The summed E-state index contributed by atoms with van der Waals surface area (Å²) in [4.78, 5) is 45.5. The van der Waals surface area contributed by atoms with Crippen molar-refractivity contribution in [2.75, 3.05) is 51.2 Å². The van der Waals surface area contributed by atoms with Crippen LogP contribution in [0.2, 0.25) is 0 Å². The smallest absolute Gasteiger partial charge is 0.272 e. The maximum absolute atomic E-state index is 13.2. The van der Waals surface area contributed by atoms with Crippen LogP contribution in [-0.2, 0) is 23.6 Å². The molecule has 1 aliphatic rings. The van der Waals surface area contributed by atoms with Crippen molar-refractivity contribution in [1.82, 2.24) is 19.0 Å². The third kappa shape index (κ3) is 8.54. The van der Waals surface area contributed by atoms with Crippen LogP contribution in [0.25, 0.3) is 12.2 Å². The quantitative estimate of drug-likeness (QED) is 0.215. The molecule has 0 bridgehead atoms. The van der Waals surface area contributed by atoms with Crippen molar-refractivity contribution in [2.24, 2.45) is 14.1 Å². The van der Waals surface area contributed by atoms with Crippen LogP contribution in [-0.4, -0.2) is 83.4 Å². The number of benzene rings is 1. The maximum atomic E-state index is 13.2. The first-order valence-electron chi connectivity index (χ1n) is 15.4. The van der Waals surface area contributed by atoms with E-state index >= 15 is 0 Å². The number of ether oxygens (including phenoxy) is 3. The number of carbonyl (C=O) groups excluding carboxylic acids is 3. The van der Waals surface area contributed by atoms with Crippen molar-refractivity contribution in [1.29, 1.82) is 0 Å². The molecule has 47 heavy (non-hydrogen) atoms. The molecular weight excluding hydrogens is 600 g/mol. The Balaban J connectivity index is 1.15. The summed E-state index contributed by atoms with van der Waals surface area (Å²) in [5.41, 5.74) is 3.86. The van der Waals surface area contributed by atoms with Gasteiger partial charge >= 0.3 is 0 Å². The molecule has 246 valence electrons. The first kappa shape index (κ1) is 33.2. The van der Waals surface area contributed by atoms with Gasteiger partial charge in [0.2, 0.25) is 0 Å². The van der Waals surface area contributed by atoms with Crippen LogP contribution in [0.3, 0.4) is 0 Å². The van der Waals surface area contributed by atoms with Crippen molar-refractivity contribution in [3.8, 4) is 5.75 Å². The van der Waals surface area contributed by atoms with E-state index in [2.05, 4.69) is 15.6 Å². The van der Waals surface area contributed by atoms with E-state index in [1.807, 2.05) is 41.3 Å². The maximum Gasteiger partial charge on any atom is 0.272 e. The number of aromatic nitrogens is 3. The van der Waals surface area contributed by atoms with Gasteiger partial charge in [0.15, 0.2) is 0 Å². The molecule has 4 heterocycles. The molecule has 4 aromatic rings. The summed E-state index contributed by atoms with van der Waals surface area (Å²) in [7, 11) is 6.76. The summed E-state index contributed by atoms with van der Waals surface area (Å²) in [6.45, 7) is 2.29. The Morgan fingerprint density at radius 2 is 1.51 bits per heavy atom. The van der Waals surface area contributed by atoms with Gasteiger partial charge in [0.1, 0.15) is 17.1 Å². The van der Waals surface area contributed by atoms with Crippen molar-refractivity contribution >= 4 is 41.2 Å². The number of methoxy groups -OCH3 is 2. The van der Waals surface area contributed by atoms with Gasteiger partial charge in [-0.25, -0.2) is 0 Å². The summed E-state index contributed by atoms with van der Waals surface area (Å²) >= 11 is 0. The molecule has 2 N–H and O–H groups in total. The zero-order valence-electron chi connectivity index (χ0n) is 27.1. The summed E-state index contributed by atoms with van der Waals surface area (Å²) in [5.74, 6) is -0.0327. The number of aryl methyl sites for hydroxylation is 2. The highest BCUT2D eigenvalue weighted by Crippen LogP contribution is 2.21. The number of nitrogens with zero attached hydrogens (tertiary/aromatic N) is 4. The Kier molecular flexibility index (Phi) is 10.9. The summed E-state index contributed by atoms with van der Waals surface area (Å²) < 4.78 is 19.4. The number of anilines is 2. The predicted molar refractivity (Wildman–Crippen MR) is 180 cm³/mol. The van der Waals surface area contributed by atoms with Crippen molar-refractivity contribution in [3.63, 3.8) is 0 Å². The van der Waals surface area contributed by atoms with Gasteiger partial charge in [0, 0.05) is 52.9 Å². The number of carbonyl (C=O) groups is 3. The number of nitrogens with one attached hydrogen (secondary N) is 2. The molecule has 0 unspecified atom stereocenters. The lowest BCUT2D eigenvalue weighted by atomic mass is 10.1.